The Kier molecular flexibility index (Phi) is 2.73. The van der Waals surface area contributed by atoms with Gasteiger partial charge in [-0.25, -0.2) is 4.98 Å². The van der Waals surface area contributed by atoms with Crippen molar-refractivity contribution < 1.29 is 4.74 Å². The lowest BCUT2D eigenvalue weighted by atomic mass is 9.93. The number of ether oxygens (including phenoxy) is 1. The van der Waals surface area contributed by atoms with Crippen molar-refractivity contribution in [1.82, 2.24) is 10.3 Å². The number of nitrogens with one attached hydrogen (secondary N) is 1. The Morgan fingerprint density at radius 1 is 1.44 bits per heavy atom. The van der Waals surface area contributed by atoms with Crippen molar-refractivity contribution in [3.05, 3.63) is 15.6 Å². The number of aromatic nitrogens is 1. The van der Waals surface area contributed by atoms with E-state index in [1.54, 1.807) is 11.3 Å². The van der Waals surface area contributed by atoms with Crippen molar-refractivity contribution in [3.63, 3.8) is 0 Å². The summed E-state index contributed by atoms with van der Waals surface area (Å²) in [5.41, 5.74) is 1.16. The number of thiazole rings is 1. The molecule has 0 saturated carbocycles. The fourth-order valence-electron chi connectivity index (χ4n) is 2.65. The summed E-state index contributed by atoms with van der Waals surface area (Å²) in [7, 11) is 0. The Morgan fingerprint density at radius 3 is 3.00 bits per heavy atom. The molecule has 2 aliphatic rings. The van der Waals surface area contributed by atoms with E-state index in [0.717, 1.165) is 24.7 Å². The molecule has 0 amide bonds. The van der Waals surface area contributed by atoms with Gasteiger partial charge in [0.15, 0.2) is 0 Å². The second-order valence-electron chi connectivity index (χ2n) is 4.85. The SMILES string of the molecule is Cc1nc([C@H]2C[C@@H]3CCNC[C@H]3O2)sc1C. The molecule has 0 aromatic carbocycles. The average molecular weight is 238 g/mol. The fraction of sp³-hybridized carbons (Fsp3) is 0.750. The van der Waals surface area contributed by atoms with E-state index < -0.39 is 0 Å². The van der Waals surface area contributed by atoms with E-state index >= 15 is 0 Å². The Bertz CT molecular complexity index is 357. The van der Waals surface area contributed by atoms with Crippen LogP contribution in [-0.4, -0.2) is 24.2 Å². The smallest absolute Gasteiger partial charge is 0.122 e. The zero-order valence-corrected chi connectivity index (χ0v) is 10.6. The summed E-state index contributed by atoms with van der Waals surface area (Å²) in [6.45, 7) is 6.39. The third-order valence-corrected chi connectivity index (χ3v) is 4.90. The highest BCUT2D eigenvalue weighted by atomic mass is 32.1. The van der Waals surface area contributed by atoms with Crippen molar-refractivity contribution in [2.45, 2.75) is 38.9 Å². The minimum atomic E-state index is 0.257. The molecule has 2 fully saturated rings. The van der Waals surface area contributed by atoms with Gasteiger partial charge in [0.2, 0.25) is 0 Å². The Balaban J connectivity index is 1.77. The molecule has 1 aromatic rings. The van der Waals surface area contributed by atoms with Gasteiger partial charge in [-0.05, 0) is 39.2 Å². The van der Waals surface area contributed by atoms with Gasteiger partial charge in [0.1, 0.15) is 11.1 Å². The highest BCUT2D eigenvalue weighted by Gasteiger charge is 2.38. The first-order chi connectivity index (χ1) is 7.74. The van der Waals surface area contributed by atoms with Gasteiger partial charge < -0.3 is 10.1 Å². The summed E-state index contributed by atoms with van der Waals surface area (Å²) in [5, 5.41) is 4.59. The minimum absolute atomic E-state index is 0.257. The van der Waals surface area contributed by atoms with Crippen LogP contribution in [0.2, 0.25) is 0 Å². The largest absolute Gasteiger partial charge is 0.366 e. The standard InChI is InChI=1S/C12H18N2OS/c1-7-8(2)16-12(14-7)10-5-9-3-4-13-6-11(9)15-10/h9-11,13H,3-6H2,1-2H3/t9-,10+,11+/m0/s1. The number of hydrogen-bond acceptors (Lipinski definition) is 4. The van der Waals surface area contributed by atoms with E-state index in [2.05, 4.69) is 24.1 Å². The summed E-state index contributed by atoms with van der Waals surface area (Å²) in [5.74, 6) is 0.746. The maximum absolute atomic E-state index is 6.11. The number of fused-ring (bicyclic) bond motifs is 1. The molecule has 0 radical (unpaired) electrons. The zero-order chi connectivity index (χ0) is 11.1. The molecule has 1 aromatic heterocycles. The van der Waals surface area contributed by atoms with Crippen LogP contribution in [0.5, 0.6) is 0 Å². The summed E-state index contributed by atoms with van der Waals surface area (Å²) < 4.78 is 6.11. The first kappa shape index (κ1) is 10.7. The van der Waals surface area contributed by atoms with Crippen molar-refractivity contribution in [2.75, 3.05) is 13.1 Å². The summed E-state index contributed by atoms with van der Waals surface area (Å²) in [6, 6.07) is 0. The van der Waals surface area contributed by atoms with Gasteiger partial charge in [-0.15, -0.1) is 11.3 Å². The maximum Gasteiger partial charge on any atom is 0.122 e. The maximum atomic E-state index is 6.11. The Hall–Kier alpha value is -0.450. The molecular formula is C12H18N2OS. The molecule has 0 aliphatic carbocycles. The van der Waals surface area contributed by atoms with Crippen molar-refractivity contribution in [1.29, 1.82) is 0 Å². The first-order valence-corrected chi connectivity index (χ1v) is 6.86. The fourth-order valence-corrected chi connectivity index (χ4v) is 3.62. The predicted molar refractivity (Wildman–Crippen MR) is 64.8 cm³/mol. The van der Waals surface area contributed by atoms with E-state index in [4.69, 9.17) is 4.74 Å². The summed E-state index contributed by atoms with van der Waals surface area (Å²) >= 11 is 1.80. The molecule has 3 rings (SSSR count). The predicted octanol–water partition coefficient (Wildman–Crippen LogP) is 2.20. The molecular weight excluding hydrogens is 220 g/mol. The van der Waals surface area contributed by atoms with Crippen LogP contribution in [0, 0.1) is 19.8 Å². The van der Waals surface area contributed by atoms with Crippen molar-refractivity contribution >= 4 is 11.3 Å². The molecule has 1 N–H and O–H groups in total. The summed E-state index contributed by atoms with van der Waals surface area (Å²) in [6.07, 6.45) is 3.10. The van der Waals surface area contributed by atoms with E-state index in [1.165, 1.54) is 22.7 Å². The van der Waals surface area contributed by atoms with Crippen LogP contribution >= 0.6 is 11.3 Å². The van der Waals surface area contributed by atoms with Gasteiger partial charge in [-0.1, -0.05) is 0 Å². The van der Waals surface area contributed by atoms with Gasteiger partial charge in [-0.3, -0.25) is 0 Å². The molecule has 0 bridgehead atoms. The van der Waals surface area contributed by atoms with E-state index in [0.29, 0.717) is 6.10 Å². The summed E-state index contributed by atoms with van der Waals surface area (Å²) in [4.78, 5) is 5.95. The normalized spacial score (nSPS) is 34.0. The second kappa shape index (κ2) is 4.09. The average Bonchev–Trinajstić information content (AvgIpc) is 2.83. The molecule has 0 spiro atoms. The van der Waals surface area contributed by atoms with Crippen molar-refractivity contribution in [3.8, 4) is 0 Å². The molecule has 2 saturated heterocycles. The van der Waals surface area contributed by atoms with Crippen LogP contribution in [0.4, 0.5) is 0 Å². The monoisotopic (exact) mass is 238 g/mol. The molecule has 4 heteroatoms. The molecule has 3 heterocycles. The van der Waals surface area contributed by atoms with E-state index in [-0.39, 0.29) is 6.10 Å². The van der Waals surface area contributed by atoms with Gasteiger partial charge in [0.05, 0.1) is 11.8 Å². The highest BCUT2D eigenvalue weighted by Crippen LogP contribution is 2.41. The quantitative estimate of drug-likeness (QED) is 0.814. The van der Waals surface area contributed by atoms with Crippen molar-refractivity contribution in [2.24, 2.45) is 5.92 Å². The van der Waals surface area contributed by atoms with Crippen LogP contribution in [0.15, 0.2) is 0 Å². The molecule has 16 heavy (non-hydrogen) atoms. The third kappa shape index (κ3) is 1.79. The molecule has 3 atom stereocenters. The van der Waals surface area contributed by atoms with Gasteiger partial charge >= 0.3 is 0 Å². The minimum Gasteiger partial charge on any atom is -0.366 e. The Labute approximate surface area is 100 Å². The van der Waals surface area contributed by atoms with Gasteiger partial charge in [-0.2, -0.15) is 0 Å². The Morgan fingerprint density at radius 2 is 2.31 bits per heavy atom. The van der Waals surface area contributed by atoms with Gasteiger partial charge in [0, 0.05) is 11.4 Å². The highest BCUT2D eigenvalue weighted by molar-refractivity contribution is 7.11. The topological polar surface area (TPSA) is 34.2 Å². The van der Waals surface area contributed by atoms with E-state index in [1.807, 2.05) is 0 Å². The number of aryl methyl sites for hydroxylation is 2. The lowest BCUT2D eigenvalue weighted by Gasteiger charge is -2.24. The lowest BCUT2D eigenvalue weighted by molar-refractivity contribution is 0.0261. The van der Waals surface area contributed by atoms with Crippen LogP contribution in [0.1, 0.15) is 34.5 Å². The van der Waals surface area contributed by atoms with Gasteiger partial charge in [0.25, 0.3) is 0 Å². The molecule has 0 unspecified atom stereocenters. The number of rotatable bonds is 1. The van der Waals surface area contributed by atoms with Crippen LogP contribution in [0.25, 0.3) is 0 Å². The van der Waals surface area contributed by atoms with E-state index in [9.17, 15) is 0 Å². The first-order valence-electron chi connectivity index (χ1n) is 6.04. The molecule has 88 valence electrons. The van der Waals surface area contributed by atoms with Crippen LogP contribution < -0.4 is 5.32 Å². The van der Waals surface area contributed by atoms with Crippen LogP contribution in [0.3, 0.4) is 0 Å². The number of nitrogens with zero attached hydrogens (tertiary/aromatic N) is 1. The zero-order valence-electron chi connectivity index (χ0n) is 9.82. The molecule has 2 aliphatic heterocycles. The lowest BCUT2D eigenvalue weighted by Crippen LogP contribution is -2.38. The number of hydrogen-bond donors (Lipinski definition) is 1. The number of piperidine rings is 1. The molecule has 3 nitrogen and oxygen atoms in total. The second-order valence-corrected chi connectivity index (χ2v) is 6.08. The van der Waals surface area contributed by atoms with Crippen LogP contribution in [-0.2, 0) is 4.74 Å². The third-order valence-electron chi connectivity index (χ3n) is 3.74.